The van der Waals surface area contributed by atoms with Crippen molar-refractivity contribution in [2.45, 2.75) is 26.9 Å². The van der Waals surface area contributed by atoms with E-state index in [0.29, 0.717) is 0 Å². The molecule has 3 rings (SSSR count). The van der Waals surface area contributed by atoms with Crippen molar-refractivity contribution in [3.63, 3.8) is 0 Å². The van der Waals surface area contributed by atoms with Gasteiger partial charge in [0.1, 0.15) is 0 Å². The molecule has 3 nitrogen and oxygen atoms in total. The molecule has 0 unspecified atom stereocenters. The fourth-order valence-corrected chi connectivity index (χ4v) is 3.42. The molecule has 104 valence electrons. The molecule has 0 saturated heterocycles. The van der Waals surface area contributed by atoms with Crippen LogP contribution in [0.15, 0.2) is 36.7 Å². The third kappa shape index (κ3) is 2.62. The van der Waals surface area contributed by atoms with Crippen LogP contribution < -0.4 is 5.32 Å². The molecular formula is C16H19N3S. The second-order valence-corrected chi connectivity index (χ2v) is 6.28. The Bertz CT molecular complexity index is 711. The van der Waals surface area contributed by atoms with Crippen LogP contribution in [0.5, 0.6) is 0 Å². The molecule has 0 bridgehead atoms. The van der Waals surface area contributed by atoms with E-state index < -0.39 is 0 Å². The normalized spacial score (nSPS) is 11.3. The molecule has 0 aliphatic rings. The minimum Gasteiger partial charge on any atom is -0.326 e. The average Bonchev–Trinajstić information content (AvgIpc) is 3.02. The Labute approximate surface area is 123 Å². The molecule has 0 fully saturated rings. The van der Waals surface area contributed by atoms with Crippen LogP contribution in [0.1, 0.15) is 22.2 Å². The number of para-hydroxylation sites is 2. The zero-order chi connectivity index (χ0) is 13.9. The maximum atomic E-state index is 4.45. The zero-order valence-electron chi connectivity index (χ0n) is 11.9. The maximum Gasteiger partial charge on any atom is 0.0961 e. The van der Waals surface area contributed by atoms with E-state index in [0.717, 1.165) is 25.2 Å². The molecule has 0 aliphatic carbocycles. The second-order valence-electron chi connectivity index (χ2n) is 4.94. The maximum absolute atomic E-state index is 4.45. The molecule has 0 radical (unpaired) electrons. The number of benzene rings is 1. The molecule has 0 saturated carbocycles. The van der Waals surface area contributed by atoms with E-state index in [1.54, 1.807) is 0 Å². The van der Waals surface area contributed by atoms with Crippen molar-refractivity contribution in [3.8, 4) is 0 Å². The molecule has 1 N–H and O–H groups in total. The summed E-state index contributed by atoms with van der Waals surface area (Å²) >= 11 is 1.89. The summed E-state index contributed by atoms with van der Waals surface area (Å²) in [6.45, 7) is 7.22. The van der Waals surface area contributed by atoms with Gasteiger partial charge in [0.15, 0.2) is 0 Å². The van der Waals surface area contributed by atoms with Gasteiger partial charge in [0.25, 0.3) is 0 Å². The summed E-state index contributed by atoms with van der Waals surface area (Å²) in [5, 5.41) is 3.38. The van der Waals surface area contributed by atoms with Crippen molar-refractivity contribution < 1.29 is 0 Å². The van der Waals surface area contributed by atoms with E-state index in [4.69, 9.17) is 0 Å². The number of aryl methyl sites for hydroxylation is 1. The third-order valence-corrected chi connectivity index (χ3v) is 4.58. The van der Waals surface area contributed by atoms with Gasteiger partial charge in [0.05, 0.1) is 23.9 Å². The smallest absolute Gasteiger partial charge is 0.0961 e. The fourth-order valence-electron chi connectivity index (χ4n) is 2.40. The van der Waals surface area contributed by atoms with Crippen LogP contribution in [0.25, 0.3) is 11.0 Å². The van der Waals surface area contributed by atoms with Gasteiger partial charge in [-0.15, -0.1) is 11.3 Å². The fraction of sp³-hybridized carbons (Fsp3) is 0.312. The molecule has 0 spiro atoms. The lowest BCUT2D eigenvalue weighted by atomic mass is 10.2. The summed E-state index contributed by atoms with van der Waals surface area (Å²) < 4.78 is 2.22. The largest absolute Gasteiger partial charge is 0.326 e. The summed E-state index contributed by atoms with van der Waals surface area (Å²) in [5.41, 5.74) is 3.66. The number of hydrogen-bond donors (Lipinski definition) is 1. The minimum atomic E-state index is 0.898. The summed E-state index contributed by atoms with van der Waals surface area (Å²) in [6.07, 6.45) is 1.94. The van der Waals surface area contributed by atoms with E-state index in [9.17, 15) is 0 Å². The van der Waals surface area contributed by atoms with Crippen molar-refractivity contribution in [2.24, 2.45) is 0 Å². The van der Waals surface area contributed by atoms with Crippen LogP contribution >= 0.6 is 11.3 Å². The Balaban J connectivity index is 1.85. The number of imidazole rings is 1. The molecule has 20 heavy (non-hydrogen) atoms. The molecule has 3 aromatic rings. The highest BCUT2D eigenvalue weighted by Crippen LogP contribution is 2.23. The quantitative estimate of drug-likeness (QED) is 0.776. The van der Waals surface area contributed by atoms with Crippen LogP contribution in [0.4, 0.5) is 0 Å². The topological polar surface area (TPSA) is 29.9 Å². The minimum absolute atomic E-state index is 0.898. The summed E-state index contributed by atoms with van der Waals surface area (Å²) in [6, 6.07) is 10.6. The zero-order valence-corrected chi connectivity index (χ0v) is 12.7. The van der Waals surface area contributed by atoms with E-state index in [2.05, 4.69) is 53.0 Å². The van der Waals surface area contributed by atoms with Gasteiger partial charge in [-0.3, -0.25) is 0 Å². The van der Waals surface area contributed by atoms with Gasteiger partial charge in [0.2, 0.25) is 0 Å². The standard InChI is InChI=1S/C16H19N3S/c1-3-17-9-14-8-13(12(2)20-14)10-19-11-18-15-6-4-5-7-16(15)19/h4-8,11,17H,3,9-10H2,1-2H3. The van der Waals surface area contributed by atoms with Gasteiger partial charge >= 0.3 is 0 Å². The van der Waals surface area contributed by atoms with Crippen molar-refractivity contribution >= 4 is 22.4 Å². The second kappa shape index (κ2) is 5.77. The Morgan fingerprint density at radius 3 is 3.00 bits per heavy atom. The highest BCUT2D eigenvalue weighted by molar-refractivity contribution is 7.12. The summed E-state index contributed by atoms with van der Waals surface area (Å²) in [7, 11) is 0. The summed E-state index contributed by atoms with van der Waals surface area (Å²) in [4.78, 5) is 7.26. The number of nitrogens with one attached hydrogen (secondary N) is 1. The van der Waals surface area contributed by atoms with E-state index in [-0.39, 0.29) is 0 Å². The van der Waals surface area contributed by atoms with Crippen LogP contribution in [0.2, 0.25) is 0 Å². The lowest BCUT2D eigenvalue weighted by Gasteiger charge is -2.03. The molecule has 0 atom stereocenters. The monoisotopic (exact) mass is 285 g/mol. The Morgan fingerprint density at radius 1 is 1.30 bits per heavy atom. The van der Waals surface area contributed by atoms with Crippen molar-refractivity contribution in [1.29, 1.82) is 0 Å². The number of nitrogens with zero attached hydrogens (tertiary/aromatic N) is 2. The Kier molecular flexibility index (Phi) is 3.85. The number of hydrogen-bond acceptors (Lipinski definition) is 3. The van der Waals surface area contributed by atoms with Crippen LogP contribution in [0, 0.1) is 6.92 Å². The van der Waals surface area contributed by atoms with Gasteiger partial charge in [-0.2, -0.15) is 0 Å². The predicted molar refractivity (Wildman–Crippen MR) is 85.3 cm³/mol. The lowest BCUT2D eigenvalue weighted by Crippen LogP contribution is -2.10. The van der Waals surface area contributed by atoms with Gasteiger partial charge < -0.3 is 9.88 Å². The first-order valence-electron chi connectivity index (χ1n) is 6.96. The Hall–Kier alpha value is -1.65. The number of fused-ring (bicyclic) bond motifs is 1. The highest BCUT2D eigenvalue weighted by atomic mass is 32.1. The van der Waals surface area contributed by atoms with E-state index in [1.165, 1.54) is 20.8 Å². The molecule has 4 heteroatoms. The van der Waals surface area contributed by atoms with Crippen LogP contribution in [-0.2, 0) is 13.1 Å². The number of rotatable bonds is 5. The van der Waals surface area contributed by atoms with Crippen LogP contribution in [-0.4, -0.2) is 16.1 Å². The summed E-state index contributed by atoms with van der Waals surface area (Å²) in [5.74, 6) is 0. The Morgan fingerprint density at radius 2 is 2.15 bits per heavy atom. The first-order chi connectivity index (χ1) is 9.78. The van der Waals surface area contributed by atoms with Gasteiger partial charge in [0, 0.05) is 16.3 Å². The molecule has 0 amide bonds. The first kappa shape index (κ1) is 13.3. The van der Waals surface area contributed by atoms with E-state index in [1.807, 2.05) is 23.7 Å². The van der Waals surface area contributed by atoms with E-state index >= 15 is 0 Å². The molecule has 0 aliphatic heterocycles. The van der Waals surface area contributed by atoms with Crippen molar-refractivity contribution in [3.05, 3.63) is 52.0 Å². The van der Waals surface area contributed by atoms with Gasteiger partial charge in [-0.05, 0) is 37.2 Å². The molecule has 2 aromatic heterocycles. The molecular weight excluding hydrogens is 266 g/mol. The highest BCUT2D eigenvalue weighted by Gasteiger charge is 2.08. The van der Waals surface area contributed by atoms with Crippen molar-refractivity contribution in [1.82, 2.24) is 14.9 Å². The first-order valence-corrected chi connectivity index (χ1v) is 7.78. The average molecular weight is 285 g/mol. The van der Waals surface area contributed by atoms with Crippen molar-refractivity contribution in [2.75, 3.05) is 6.54 Å². The molecule has 1 aromatic carbocycles. The third-order valence-electron chi connectivity index (χ3n) is 3.49. The SMILES string of the molecule is CCNCc1cc(Cn2cnc3ccccc32)c(C)s1. The number of aromatic nitrogens is 2. The predicted octanol–water partition coefficient (Wildman–Crippen LogP) is 3.56. The number of thiophene rings is 1. The van der Waals surface area contributed by atoms with Gasteiger partial charge in [-0.25, -0.2) is 4.98 Å². The molecule has 2 heterocycles. The van der Waals surface area contributed by atoms with Crippen LogP contribution in [0.3, 0.4) is 0 Å². The lowest BCUT2D eigenvalue weighted by molar-refractivity contribution is 0.734. The van der Waals surface area contributed by atoms with Gasteiger partial charge in [-0.1, -0.05) is 19.1 Å².